The SMILES string of the molecule is CN(C)C1(C(O)c2ccoc2)CCCCC1. The third kappa shape index (κ3) is 1.89. The lowest BCUT2D eigenvalue weighted by Gasteiger charge is -2.46. The second-order valence-electron chi connectivity index (χ2n) is 5.02. The summed E-state index contributed by atoms with van der Waals surface area (Å²) >= 11 is 0. The zero-order valence-electron chi connectivity index (χ0n) is 10.1. The van der Waals surface area contributed by atoms with Crippen molar-refractivity contribution in [3.8, 4) is 0 Å². The maximum atomic E-state index is 10.6. The Balaban J connectivity index is 2.25. The molecule has 16 heavy (non-hydrogen) atoms. The van der Waals surface area contributed by atoms with E-state index in [4.69, 9.17) is 4.42 Å². The molecule has 1 unspecified atom stereocenters. The van der Waals surface area contributed by atoms with Gasteiger partial charge in [0.15, 0.2) is 0 Å². The Kier molecular flexibility index (Phi) is 3.36. The number of nitrogens with zero attached hydrogens (tertiary/aromatic N) is 1. The van der Waals surface area contributed by atoms with Gasteiger partial charge < -0.3 is 14.4 Å². The zero-order chi connectivity index (χ0) is 11.6. The molecule has 1 aromatic heterocycles. The van der Waals surface area contributed by atoms with Crippen LogP contribution in [0.2, 0.25) is 0 Å². The molecule has 1 heterocycles. The molecular formula is C13H21NO2. The van der Waals surface area contributed by atoms with E-state index in [9.17, 15) is 5.11 Å². The highest BCUT2D eigenvalue weighted by Gasteiger charge is 2.41. The van der Waals surface area contributed by atoms with Crippen LogP contribution in [0.15, 0.2) is 23.0 Å². The van der Waals surface area contributed by atoms with Gasteiger partial charge >= 0.3 is 0 Å². The van der Waals surface area contributed by atoms with Crippen molar-refractivity contribution in [3.05, 3.63) is 24.2 Å². The molecule has 1 fully saturated rings. The van der Waals surface area contributed by atoms with E-state index in [0.29, 0.717) is 0 Å². The summed E-state index contributed by atoms with van der Waals surface area (Å²) in [6.07, 6.45) is 8.66. The Morgan fingerprint density at radius 1 is 1.31 bits per heavy atom. The van der Waals surface area contributed by atoms with Crippen LogP contribution in [0.25, 0.3) is 0 Å². The molecule has 1 aromatic rings. The Morgan fingerprint density at radius 2 is 2.00 bits per heavy atom. The summed E-state index contributed by atoms with van der Waals surface area (Å²) in [4.78, 5) is 2.18. The number of rotatable bonds is 3. The highest BCUT2D eigenvalue weighted by atomic mass is 16.3. The number of aliphatic hydroxyl groups excluding tert-OH is 1. The molecular weight excluding hydrogens is 202 g/mol. The molecule has 3 heteroatoms. The highest BCUT2D eigenvalue weighted by Crippen LogP contribution is 2.41. The minimum Gasteiger partial charge on any atom is -0.472 e. The van der Waals surface area contributed by atoms with E-state index < -0.39 is 6.10 Å². The maximum Gasteiger partial charge on any atom is 0.100 e. The molecule has 1 saturated carbocycles. The summed E-state index contributed by atoms with van der Waals surface area (Å²) < 4.78 is 5.07. The Hall–Kier alpha value is -0.800. The molecule has 0 radical (unpaired) electrons. The first-order valence-electron chi connectivity index (χ1n) is 6.04. The van der Waals surface area contributed by atoms with Gasteiger partial charge in [-0.05, 0) is 33.0 Å². The van der Waals surface area contributed by atoms with E-state index in [1.807, 2.05) is 6.07 Å². The third-order valence-corrected chi connectivity index (χ3v) is 3.98. The summed E-state index contributed by atoms with van der Waals surface area (Å²) in [7, 11) is 4.13. The quantitative estimate of drug-likeness (QED) is 0.855. The van der Waals surface area contributed by atoms with Crippen molar-refractivity contribution < 1.29 is 9.52 Å². The number of furan rings is 1. The lowest BCUT2D eigenvalue weighted by molar-refractivity contribution is -0.0338. The van der Waals surface area contributed by atoms with Crippen LogP contribution in [0.5, 0.6) is 0 Å². The summed E-state index contributed by atoms with van der Waals surface area (Å²) in [6, 6.07) is 1.87. The van der Waals surface area contributed by atoms with E-state index in [1.165, 1.54) is 19.3 Å². The average molecular weight is 223 g/mol. The fourth-order valence-electron chi connectivity index (χ4n) is 2.87. The van der Waals surface area contributed by atoms with E-state index in [0.717, 1.165) is 18.4 Å². The zero-order valence-corrected chi connectivity index (χ0v) is 10.1. The van der Waals surface area contributed by atoms with Crippen LogP contribution in [-0.4, -0.2) is 29.6 Å². The van der Waals surface area contributed by atoms with E-state index in [-0.39, 0.29) is 5.54 Å². The molecule has 0 spiro atoms. The molecule has 90 valence electrons. The van der Waals surface area contributed by atoms with Gasteiger partial charge in [0.2, 0.25) is 0 Å². The lowest BCUT2D eigenvalue weighted by Crippen LogP contribution is -2.50. The normalized spacial score (nSPS) is 22.2. The van der Waals surface area contributed by atoms with Crippen LogP contribution in [0.1, 0.15) is 43.8 Å². The molecule has 0 saturated heterocycles. The second kappa shape index (κ2) is 4.60. The topological polar surface area (TPSA) is 36.6 Å². The summed E-state index contributed by atoms with van der Waals surface area (Å²) in [5.74, 6) is 0. The van der Waals surface area contributed by atoms with Crippen LogP contribution in [0.3, 0.4) is 0 Å². The molecule has 3 nitrogen and oxygen atoms in total. The minimum absolute atomic E-state index is 0.109. The van der Waals surface area contributed by atoms with Crippen molar-refractivity contribution >= 4 is 0 Å². The lowest BCUT2D eigenvalue weighted by atomic mass is 9.75. The maximum absolute atomic E-state index is 10.6. The van der Waals surface area contributed by atoms with E-state index in [1.54, 1.807) is 12.5 Å². The first-order chi connectivity index (χ1) is 7.67. The monoisotopic (exact) mass is 223 g/mol. The fourth-order valence-corrected chi connectivity index (χ4v) is 2.87. The van der Waals surface area contributed by atoms with E-state index >= 15 is 0 Å². The number of hydrogen-bond acceptors (Lipinski definition) is 3. The van der Waals surface area contributed by atoms with Gasteiger partial charge in [0.05, 0.1) is 18.1 Å². The van der Waals surface area contributed by atoms with Crippen molar-refractivity contribution in [2.45, 2.75) is 43.7 Å². The van der Waals surface area contributed by atoms with Crippen LogP contribution in [-0.2, 0) is 0 Å². The van der Waals surface area contributed by atoms with Gasteiger partial charge in [-0.3, -0.25) is 0 Å². The molecule has 1 aliphatic carbocycles. The summed E-state index contributed by atoms with van der Waals surface area (Å²) in [6.45, 7) is 0. The van der Waals surface area contributed by atoms with Crippen molar-refractivity contribution in [2.75, 3.05) is 14.1 Å². The van der Waals surface area contributed by atoms with Crippen molar-refractivity contribution in [2.24, 2.45) is 0 Å². The van der Waals surface area contributed by atoms with Crippen LogP contribution >= 0.6 is 0 Å². The Bertz CT molecular complexity index is 313. The first-order valence-corrected chi connectivity index (χ1v) is 6.04. The van der Waals surface area contributed by atoms with Gasteiger partial charge in [-0.2, -0.15) is 0 Å². The van der Waals surface area contributed by atoms with Crippen LogP contribution in [0, 0.1) is 0 Å². The Labute approximate surface area is 97.1 Å². The Morgan fingerprint density at radius 3 is 2.50 bits per heavy atom. The van der Waals surface area contributed by atoms with Gasteiger partial charge in [-0.25, -0.2) is 0 Å². The molecule has 0 bridgehead atoms. The first kappa shape index (κ1) is 11.7. The minimum atomic E-state index is -0.443. The van der Waals surface area contributed by atoms with Crippen molar-refractivity contribution in [3.63, 3.8) is 0 Å². The van der Waals surface area contributed by atoms with Gasteiger partial charge in [0, 0.05) is 5.56 Å². The average Bonchev–Trinajstić information content (AvgIpc) is 2.82. The number of aliphatic hydroxyl groups is 1. The van der Waals surface area contributed by atoms with Crippen LogP contribution in [0.4, 0.5) is 0 Å². The largest absolute Gasteiger partial charge is 0.472 e. The highest BCUT2D eigenvalue weighted by molar-refractivity contribution is 5.16. The molecule has 2 rings (SSSR count). The molecule has 1 aliphatic rings. The molecule has 0 aromatic carbocycles. The standard InChI is InChI=1S/C13H21NO2/c1-14(2)13(7-4-3-5-8-13)12(15)11-6-9-16-10-11/h6,9-10,12,15H,3-5,7-8H2,1-2H3. The third-order valence-electron chi connectivity index (χ3n) is 3.98. The smallest absolute Gasteiger partial charge is 0.100 e. The second-order valence-corrected chi connectivity index (χ2v) is 5.02. The van der Waals surface area contributed by atoms with Gasteiger partial charge in [0.1, 0.15) is 6.10 Å². The van der Waals surface area contributed by atoms with Crippen molar-refractivity contribution in [1.82, 2.24) is 4.90 Å². The number of hydrogen-bond donors (Lipinski definition) is 1. The number of likely N-dealkylation sites (N-methyl/N-ethyl adjacent to an activating group) is 1. The molecule has 0 amide bonds. The van der Waals surface area contributed by atoms with Gasteiger partial charge in [-0.1, -0.05) is 19.3 Å². The predicted molar refractivity (Wildman–Crippen MR) is 63.2 cm³/mol. The van der Waals surface area contributed by atoms with E-state index in [2.05, 4.69) is 19.0 Å². The molecule has 1 atom stereocenters. The summed E-state index contributed by atoms with van der Waals surface area (Å²) in [5, 5.41) is 10.6. The predicted octanol–water partition coefficient (Wildman–Crippen LogP) is 2.58. The van der Waals surface area contributed by atoms with Crippen LogP contribution < -0.4 is 0 Å². The van der Waals surface area contributed by atoms with Gasteiger partial charge in [0.25, 0.3) is 0 Å². The fraction of sp³-hybridized carbons (Fsp3) is 0.692. The molecule has 0 aliphatic heterocycles. The summed E-state index contributed by atoms with van der Waals surface area (Å²) in [5.41, 5.74) is 0.790. The van der Waals surface area contributed by atoms with Gasteiger partial charge in [-0.15, -0.1) is 0 Å². The van der Waals surface area contributed by atoms with Crippen molar-refractivity contribution in [1.29, 1.82) is 0 Å². The molecule has 1 N–H and O–H groups in total.